The molecule has 4 nitrogen and oxygen atoms in total. The number of nitrogens with zero attached hydrogens (tertiary/aromatic N) is 2. The number of benzene rings is 1. The molecule has 0 amide bonds. The van der Waals surface area contributed by atoms with Crippen LogP contribution >= 0.6 is 24.0 Å². The van der Waals surface area contributed by atoms with Gasteiger partial charge in [-0.25, -0.2) is 4.99 Å². The average Bonchev–Trinajstić information content (AvgIpc) is 2.45. The Hall–Kier alpha value is -0.980. The number of nitrogens with two attached hydrogens (primary N) is 1. The lowest BCUT2D eigenvalue weighted by atomic mass is 10.0. The molecule has 2 N–H and O–H groups in total. The molecule has 0 saturated carbocycles. The Morgan fingerprint density at radius 1 is 1.19 bits per heavy atom. The van der Waals surface area contributed by atoms with E-state index in [2.05, 4.69) is 44.8 Å². The Labute approximate surface area is 145 Å². The first-order valence-corrected chi connectivity index (χ1v) is 7.36. The van der Waals surface area contributed by atoms with Crippen LogP contribution in [0.2, 0.25) is 0 Å². The first kappa shape index (κ1) is 20.0. The molecule has 0 saturated heterocycles. The van der Waals surface area contributed by atoms with Crippen molar-refractivity contribution in [3.63, 3.8) is 0 Å². The summed E-state index contributed by atoms with van der Waals surface area (Å²) in [4.78, 5) is 6.35. The van der Waals surface area contributed by atoms with Crippen LogP contribution in [0.4, 0.5) is 0 Å². The van der Waals surface area contributed by atoms with Crippen molar-refractivity contribution in [1.82, 2.24) is 4.90 Å². The number of guanidine groups is 1. The third-order valence-electron chi connectivity index (χ3n) is 3.27. The number of aliphatic imine (C=N–C) groups is 1. The summed E-state index contributed by atoms with van der Waals surface area (Å²) in [7, 11) is 0. The molecule has 0 aliphatic carbocycles. The summed E-state index contributed by atoms with van der Waals surface area (Å²) < 4.78 is 5.66. The Balaban J connectivity index is 0.00000400. The summed E-state index contributed by atoms with van der Waals surface area (Å²) in [6.07, 6.45) is 0. The molecule has 0 fully saturated rings. The highest BCUT2D eigenvalue weighted by Gasteiger charge is 2.02. The lowest BCUT2D eigenvalue weighted by Gasteiger charge is -2.19. The Bertz CT molecular complexity index is 414. The van der Waals surface area contributed by atoms with Crippen LogP contribution in [0.15, 0.2) is 29.3 Å². The van der Waals surface area contributed by atoms with E-state index in [1.165, 1.54) is 5.56 Å². The van der Waals surface area contributed by atoms with Gasteiger partial charge < -0.3 is 15.4 Å². The van der Waals surface area contributed by atoms with Crippen molar-refractivity contribution in [2.75, 3.05) is 26.2 Å². The molecule has 1 aromatic carbocycles. The van der Waals surface area contributed by atoms with Gasteiger partial charge in [0.15, 0.2) is 5.96 Å². The number of halogens is 1. The summed E-state index contributed by atoms with van der Waals surface area (Å²) >= 11 is 0. The number of ether oxygens (including phenoxy) is 1. The van der Waals surface area contributed by atoms with Crippen molar-refractivity contribution in [1.29, 1.82) is 0 Å². The fourth-order valence-corrected chi connectivity index (χ4v) is 1.92. The Morgan fingerprint density at radius 2 is 1.76 bits per heavy atom. The zero-order valence-electron chi connectivity index (χ0n) is 13.5. The SMILES string of the molecule is CCN(CC)C(N)=NCCOc1ccc(C(C)C)cc1.I. The zero-order chi connectivity index (χ0) is 15.0. The number of hydrogen-bond acceptors (Lipinski definition) is 2. The minimum absolute atomic E-state index is 0. The quantitative estimate of drug-likeness (QED) is 0.327. The second-order valence-corrected chi connectivity index (χ2v) is 4.98. The van der Waals surface area contributed by atoms with Gasteiger partial charge in [0.05, 0.1) is 6.54 Å². The van der Waals surface area contributed by atoms with Gasteiger partial charge in [-0.05, 0) is 37.5 Å². The largest absolute Gasteiger partial charge is 0.492 e. The molecular weight excluding hydrogens is 377 g/mol. The average molecular weight is 405 g/mol. The van der Waals surface area contributed by atoms with E-state index in [0.29, 0.717) is 25.0 Å². The molecule has 0 spiro atoms. The second kappa shape index (κ2) is 10.7. The van der Waals surface area contributed by atoms with Crippen LogP contribution in [-0.2, 0) is 0 Å². The lowest BCUT2D eigenvalue weighted by molar-refractivity contribution is 0.327. The molecule has 0 unspecified atom stereocenters. The lowest BCUT2D eigenvalue weighted by Crippen LogP contribution is -2.37. The van der Waals surface area contributed by atoms with Gasteiger partial charge in [0.25, 0.3) is 0 Å². The van der Waals surface area contributed by atoms with Crippen LogP contribution in [-0.4, -0.2) is 37.1 Å². The van der Waals surface area contributed by atoms with E-state index < -0.39 is 0 Å². The van der Waals surface area contributed by atoms with Gasteiger partial charge in [0.2, 0.25) is 0 Å². The van der Waals surface area contributed by atoms with E-state index >= 15 is 0 Å². The monoisotopic (exact) mass is 405 g/mol. The third kappa shape index (κ3) is 7.02. The Kier molecular flexibility index (Phi) is 10.2. The predicted molar refractivity (Wildman–Crippen MR) is 101 cm³/mol. The van der Waals surface area contributed by atoms with E-state index in [-0.39, 0.29) is 24.0 Å². The van der Waals surface area contributed by atoms with Crippen LogP contribution in [0.3, 0.4) is 0 Å². The van der Waals surface area contributed by atoms with Gasteiger partial charge in [-0.1, -0.05) is 26.0 Å². The minimum atomic E-state index is 0. The van der Waals surface area contributed by atoms with Crippen LogP contribution < -0.4 is 10.5 Å². The van der Waals surface area contributed by atoms with E-state index in [9.17, 15) is 0 Å². The van der Waals surface area contributed by atoms with Crippen molar-refractivity contribution in [2.45, 2.75) is 33.6 Å². The van der Waals surface area contributed by atoms with E-state index in [4.69, 9.17) is 10.5 Å². The van der Waals surface area contributed by atoms with Crippen LogP contribution in [0.25, 0.3) is 0 Å². The summed E-state index contributed by atoms with van der Waals surface area (Å²) in [6.45, 7) is 11.4. The van der Waals surface area contributed by atoms with Crippen molar-refractivity contribution < 1.29 is 4.74 Å². The van der Waals surface area contributed by atoms with E-state index in [1.54, 1.807) is 0 Å². The highest BCUT2D eigenvalue weighted by atomic mass is 127. The fourth-order valence-electron chi connectivity index (χ4n) is 1.92. The van der Waals surface area contributed by atoms with Crippen LogP contribution in [0.5, 0.6) is 5.75 Å². The van der Waals surface area contributed by atoms with Gasteiger partial charge in [0.1, 0.15) is 12.4 Å². The molecule has 0 aliphatic heterocycles. The van der Waals surface area contributed by atoms with Crippen molar-refractivity contribution in [2.24, 2.45) is 10.7 Å². The maximum atomic E-state index is 5.89. The first-order valence-electron chi connectivity index (χ1n) is 7.36. The summed E-state index contributed by atoms with van der Waals surface area (Å²) in [5.74, 6) is 2.02. The molecule has 0 aliphatic rings. The summed E-state index contributed by atoms with van der Waals surface area (Å²) in [5, 5.41) is 0. The normalized spacial score (nSPS) is 11.2. The summed E-state index contributed by atoms with van der Waals surface area (Å²) in [5.41, 5.74) is 7.21. The minimum Gasteiger partial charge on any atom is -0.492 e. The standard InChI is InChI=1S/C16H27N3O.HI/c1-5-19(6-2)16(17)18-11-12-20-15-9-7-14(8-10-15)13(3)4;/h7-10,13H,5-6,11-12H2,1-4H3,(H2,17,18);1H. The molecule has 0 radical (unpaired) electrons. The number of rotatable bonds is 7. The molecule has 0 heterocycles. The molecule has 0 bridgehead atoms. The smallest absolute Gasteiger partial charge is 0.191 e. The van der Waals surface area contributed by atoms with Crippen LogP contribution in [0, 0.1) is 0 Å². The van der Waals surface area contributed by atoms with Gasteiger partial charge in [0, 0.05) is 13.1 Å². The van der Waals surface area contributed by atoms with Gasteiger partial charge in [-0.15, -0.1) is 24.0 Å². The fraction of sp³-hybridized carbons (Fsp3) is 0.562. The van der Waals surface area contributed by atoms with Crippen molar-refractivity contribution in [3.05, 3.63) is 29.8 Å². The molecule has 120 valence electrons. The van der Waals surface area contributed by atoms with E-state index in [0.717, 1.165) is 18.8 Å². The molecule has 5 heteroatoms. The molecule has 0 atom stereocenters. The topological polar surface area (TPSA) is 50.8 Å². The molecule has 21 heavy (non-hydrogen) atoms. The third-order valence-corrected chi connectivity index (χ3v) is 3.27. The maximum absolute atomic E-state index is 5.89. The number of hydrogen-bond donors (Lipinski definition) is 1. The van der Waals surface area contributed by atoms with Crippen molar-refractivity contribution >= 4 is 29.9 Å². The second-order valence-electron chi connectivity index (χ2n) is 4.98. The van der Waals surface area contributed by atoms with Gasteiger partial charge in [-0.3, -0.25) is 0 Å². The van der Waals surface area contributed by atoms with E-state index in [1.807, 2.05) is 17.0 Å². The van der Waals surface area contributed by atoms with Crippen molar-refractivity contribution in [3.8, 4) is 5.75 Å². The molecule has 1 aromatic rings. The summed E-state index contributed by atoms with van der Waals surface area (Å²) in [6, 6.07) is 8.22. The predicted octanol–water partition coefficient (Wildman–Crippen LogP) is 3.46. The molecule has 1 rings (SSSR count). The molecule has 0 aromatic heterocycles. The zero-order valence-corrected chi connectivity index (χ0v) is 15.8. The molecular formula is C16H28IN3O. The van der Waals surface area contributed by atoms with Crippen LogP contribution in [0.1, 0.15) is 39.2 Å². The van der Waals surface area contributed by atoms with Gasteiger partial charge >= 0.3 is 0 Å². The first-order chi connectivity index (χ1) is 9.58. The highest BCUT2D eigenvalue weighted by Crippen LogP contribution is 2.18. The highest BCUT2D eigenvalue weighted by molar-refractivity contribution is 14.0. The van der Waals surface area contributed by atoms with Gasteiger partial charge in [-0.2, -0.15) is 0 Å². The maximum Gasteiger partial charge on any atom is 0.191 e. The Morgan fingerprint density at radius 3 is 2.24 bits per heavy atom.